The number of ether oxygens (including phenoxy) is 1. The first-order valence-corrected chi connectivity index (χ1v) is 13.4. The molecule has 0 saturated heterocycles. The van der Waals surface area contributed by atoms with Crippen LogP contribution in [0, 0.1) is 0 Å². The molecule has 1 unspecified atom stereocenters. The molecule has 2 heterocycles. The van der Waals surface area contributed by atoms with E-state index in [1.54, 1.807) is 24.1 Å². The predicted molar refractivity (Wildman–Crippen MR) is 153 cm³/mol. The number of aromatic nitrogens is 3. The van der Waals surface area contributed by atoms with Gasteiger partial charge in [-0.3, -0.25) is 4.79 Å². The van der Waals surface area contributed by atoms with Gasteiger partial charge in [0.25, 0.3) is 0 Å². The first-order chi connectivity index (χ1) is 18.9. The highest BCUT2D eigenvalue weighted by atomic mass is 35.5. The lowest BCUT2D eigenvalue weighted by atomic mass is 9.91. The van der Waals surface area contributed by atoms with Crippen molar-refractivity contribution in [2.24, 2.45) is 5.10 Å². The lowest BCUT2D eigenvalue weighted by Gasteiger charge is -2.16. The molecule has 4 aromatic rings. The zero-order chi connectivity index (χ0) is 27.5. The molecule has 1 aliphatic rings. The van der Waals surface area contributed by atoms with Crippen molar-refractivity contribution < 1.29 is 9.53 Å². The van der Waals surface area contributed by atoms with Gasteiger partial charge >= 0.3 is 11.7 Å². The largest absolute Gasteiger partial charge is 0.465 e. The van der Waals surface area contributed by atoms with Gasteiger partial charge in [-0.15, -0.1) is 5.10 Å². The molecule has 1 aromatic heterocycles. The Labute approximate surface area is 236 Å². The topological polar surface area (TPSA) is 81.7 Å². The van der Waals surface area contributed by atoms with Crippen LogP contribution in [0.5, 0.6) is 0 Å². The summed E-state index contributed by atoms with van der Waals surface area (Å²) in [6.07, 6.45) is 0. The van der Waals surface area contributed by atoms with Gasteiger partial charge in [-0.25, -0.2) is 19.1 Å². The van der Waals surface area contributed by atoms with E-state index in [4.69, 9.17) is 38.1 Å². The number of benzene rings is 3. The highest BCUT2D eigenvalue weighted by molar-refractivity contribution is 6.31. The Morgan fingerprint density at radius 2 is 1.64 bits per heavy atom. The van der Waals surface area contributed by atoms with Crippen molar-refractivity contribution in [3.8, 4) is 0 Å². The van der Waals surface area contributed by atoms with Gasteiger partial charge in [-0.2, -0.15) is 5.10 Å². The van der Waals surface area contributed by atoms with Crippen LogP contribution in [-0.4, -0.2) is 39.2 Å². The van der Waals surface area contributed by atoms with Crippen LogP contribution >= 0.6 is 23.2 Å². The fourth-order valence-corrected chi connectivity index (χ4v) is 4.91. The molecule has 0 amide bonds. The Morgan fingerprint density at radius 3 is 2.28 bits per heavy atom. The van der Waals surface area contributed by atoms with E-state index < -0.39 is 17.7 Å². The van der Waals surface area contributed by atoms with Gasteiger partial charge in [-0.05, 0) is 54.8 Å². The Hall–Kier alpha value is -3.88. The molecular formula is C29H27Cl2N5O3. The maximum atomic E-state index is 13.6. The quantitative estimate of drug-likeness (QED) is 0.263. The third kappa shape index (κ3) is 5.62. The number of halogens is 2. The molecule has 5 rings (SSSR count). The molecule has 2 atom stereocenters. The molecule has 0 N–H and O–H groups in total. The average molecular weight is 564 g/mol. The average Bonchev–Trinajstić information content (AvgIpc) is 3.52. The normalized spacial score (nSPS) is 15.7. The molecule has 0 aliphatic carbocycles. The number of hydrogen-bond acceptors (Lipinski definition) is 6. The van der Waals surface area contributed by atoms with Gasteiger partial charge < -0.3 is 4.74 Å². The molecule has 10 heteroatoms. The Kier molecular flexibility index (Phi) is 7.86. The van der Waals surface area contributed by atoms with Gasteiger partial charge in [0.1, 0.15) is 6.54 Å². The summed E-state index contributed by atoms with van der Waals surface area (Å²) in [6, 6.07) is 24.3. The lowest BCUT2D eigenvalue weighted by molar-refractivity contribution is -0.143. The molecular weight excluding hydrogens is 537 g/mol. The number of anilines is 1. The fourth-order valence-electron chi connectivity index (χ4n) is 4.66. The third-order valence-corrected chi connectivity index (χ3v) is 7.17. The van der Waals surface area contributed by atoms with Crippen LogP contribution in [0.4, 0.5) is 5.95 Å². The van der Waals surface area contributed by atoms with Gasteiger partial charge in [-0.1, -0.05) is 77.8 Å². The van der Waals surface area contributed by atoms with Crippen LogP contribution in [0.25, 0.3) is 0 Å². The third-order valence-electron chi connectivity index (χ3n) is 6.66. The number of hydrazone groups is 1. The molecule has 200 valence electrons. The van der Waals surface area contributed by atoms with Crippen molar-refractivity contribution in [2.45, 2.75) is 32.4 Å². The number of hydrogen-bond donors (Lipinski definition) is 0. The van der Waals surface area contributed by atoms with Gasteiger partial charge in [0.15, 0.2) is 0 Å². The van der Waals surface area contributed by atoms with E-state index in [1.165, 1.54) is 9.25 Å². The summed E-state index contributed by atoms with van der Waals surface area (Å²) in [5.41, 5.74) is 3.20. The molecule has 8 nitrogen and oxygen atoms in total. The van der Waals surface area contributed by atoms with E-state index in [2.05, 4.69) is 0 Å². The highest BCUT2D eigenvalue weighted by Gasteiger charge is 2.34. The smallest absolute Gasteiger partial charge is 0.348 e. The van der Waals surface area contributed by atoms with E-state index >= 15 is 0 Å². The van der Waals surface area contributed by atoms with Crippen molar-refractivity contribution in [3.63, 3.8) is 0 Å². The first kappa shape index (κ1) is 26.7. The minimum atomic E-state index is -0.528. The van der Waals surface area contributed by atoms with Crippen molar-refractivity contribution in [1.29, 1.82) is 0 Å². The van der Waals surface area contributed by atoms with Crippen molar-refractivity contribution >= 4 is 40.8 Å². The summed E-state index contributed by atoms with van der Waals surface area (Å²) < 4.78 is 7.85. The van der Waals surface area contributed by atoms with Gasteiger partial charge in [0.05, 0.1) is 24.9 Å². The van der Waals surface area contributed by atoms with E-state index in [9.17, 15) is 9.59 Å². The second kappa shape index (κ2) is 11.5. The van der Waals surface area contributed by atoms with Crippen LogP contribution < -0.4 is 10.7 Å². The molecule has 1 aliphatic heterocycles. The van der Waals surface area contributed by atoms with E-state index in [1.807, 2.05) is 73.7 Å². The van der Waals surface area contributed by atoms with Crippen LogP contribution in [0.1, 0.15) is 42.5 Å². The summed E-state index contributed by atoms with van der Waals surface area (Å²) in [6.45, 7) is 3.94. The van der Waals surface area contributed by atoms with Crippen LogP contribution in [-0.2, 0) is 16.1 Å². The minimum absolute atomic E-state index is 0.0997. The SMILES string of the molecule is CCOC(=O)Cn1c(N2CC(c3ccccc3)C(c3ccc(Cl)cc3)=N2)nn([C@@H](C)c2ccc(Cl)cc2)c1=O. The van der Waals surface area contributed by atoms with Crippen molar-refractivity contribution in [2.75, 3.05) is 18.2 Å². The molecule has 39 heavy (non-hydrogen) atoms. The highest BCUT2D eigenvalue weighted by Crippen LogP contribution is 2.32. The lowest BCUT2D eigenvalue weighted by Crippen LogP contribution is -2.31. The Bertz CT molecular complexity index is 1550. The first-order valence-electron chi connectivity index (χ1n) is 12.6. The molecule has 0 radical (unpaired) electrons. The Morgan fingerprint density at radius 1 is 1.00 bits per heavy atom. The van der Waals surface area contributed by atoms with Crippen LogP contribution in [0.2, 0.25) is 10.0 Å². The monoisotopic (exact) mass is 563 g/mol. The summed E-state index contributed by atoms with van der Waals surface area (Å²) in [4.78, 5) is 26.2. The number of esters is 1. The molecule has 0 spiro atoms. The standard InChI is InChI=1S/C29H27Cl2N5O3/c1-3-39-26(37)18-34-28(33-36(29(34)38)19(2)20-9-13-23(30)14-10-20)35-17-25(21-7-5-4-6-8-21)27(32-35)22-11-15-24(31)16-12-22/h4-16,19,25H,3,17-18H2,1-2H3/t19-,25?/m0/s1. The number of carbonyl (C=O) groups is 1. The summed E-state index contributed by atoms with van der Waals surface area (Å²) in [5, 5.41) is 12.5. The fraction of sp³-hybridized carbons (Fsp3) is 0.241. The number of nitrogens with zero attached hydrogens (tertiary/aromatic N) is 5. The second-order valence-electron chi connectivity index (χ2n) is 9.18. The summed E-state index contributed by atoms with van der Waals surface area (Å²) in [7, 11) is 0. The number of carbonyl (C=O) groups excluding carboxylic acids is 1. The molecule has 3 aromatic carbocycles. The van der Waals surface area contributed by atoms with Crippen molar-refractivity contribution in [3.05, 3.63) is 116 Å². The van der Waals surface area contributed by atoms with E-state index in [0.717, 1.165) is 22.4 Å². The van der Waals surface area contributed by atoms with E-state index in [0.29, 0.717) is 16.6 Å². The summed E-state index contributed by atoms with van der Waals surface area (Å²) in [5.74, 6) is -0.364. The van der Waals surface area contributed by atoms with Gasteiger partial charge in [0.2, 0.25) is 5.95 Å². The minimum Gasteiger partial charge on any atom is -0.465 e. The van der Waals surface area contributed by atoms with Gasteiger partial charge in [0, 0.05) is 16.0 Å². The maximum Gasteiger partial charge on any atom is 0.348 e. The predicted octanol–water partition coefficient (Wildman–Crippen LogP) is 5.53. The zero-order valence-corrected chi connectivity index (χ0v) is 23.0. The number of rotatable bonds is 8. The second-order valence-corrected chi connectivity index (χ2v) is 10.1. The van der Waals surface area contributed by atoms with Crippen LogP contribution in [0.15, 0.2) is 88.8 Å². The Balaban J connectivity index is 1.60. The zero-order valence-electron chi connectivity index (χ0n) is 21.5. The maximum absolute atomic E-state index is 13.6. The molecule has 0 fully saturated rings. The van der Waals surface area contributed by atoms with Crippen LogP contribution in [0.3, 0.4) is 0 Å². The van der Waals surface area contributed by atoms with Crippen molar-refractivity contribution in [1.82, 2.24) is 14.3 Å². The van der Waals surface area contributed by atoms with E-state index in [-0.39, 0.29) is 25.0 Å². The molecule has 0 saturated carbocycles. The molecule has 0 bridgehead atoms. The summed E-state index contributed by atoms with van der Waals surface area (Å²) >= 11 is 12.2.